The number of rotatable bonds is 4. The Labute approximate surface area is 140 Å². The predicted octanol–water partition coefficient (Wildman–Crippen LogP) is 3.71. The molecule has 2 atom stereocenters. The molecule has 0 radical (unpaired) electrons. The SMILES string of the molecule is CC(=O)[C@@H]1C[C@@H](CC(=O)NC23CC4CC(CC(C4)C2)C3)C1(C)C. The third-order valence-corrected chi connectivity index (χ3v) is 7.84. The van der Waals surface area contributed by atoms with E-state index in [1.54, 1.807) is 6.92 Å². The summed E-state index contributed by atoms with van der Waals surface area (Å²) >= 11 is 0. The summed E-state index contributed by atoms with van der Waals surface area (Å²) in [6.45, 7) is 6.01. The maximum absolute atomic E-state index is 12.7. The molecule has 0 aromatic carbocycles. The van der Waals surface area contributed by atoms with Gasteiger partial charge < -0.3 is 5.32 Å². The quantitative estimate of drug-likeness (QED) is 0.859. The van der Waals surface area contributed by atoms with E-state index in [1.165, 1.54) is 38.5 Å². The summed E-state index contributed by atoms with van der Waals surface area (Å²) in [5, 5.41) is 3.48. The summed E-state index contributed by atoms with van der Waals surface area (Å²) in [4.78, 5) is 24.4. The summed E-state index contributed by atoms with van der Waals surface area (Å²) in [5.74, 6) is 3.64. The average Bonchev–Trinajstić information content (AvgIpc) is 2.40. The van der Waals surface area contributed by atoms with E-state index < -0.39 is 0 Å². The smallest absolute Gasteiger partial charge is 0.220 e. The summed E-state index contributed by atoms with van der Waals surface area (Å²) in [7, 11) is 0. The Bertz CT molecular complexity index is 500. The van der Waals surface area contributed by atoms with Gasteiger partial charge in [-0.2, -0.15) is 0 Å². The lowest BCUT2D eigenvalue weighted by atomic mass is 9.52. The molecule has 0 aliphatic heterocycles. The summed E-state index contributed by atoms with van der Waals surface area (Å²) in [6, 6.07) is 0. The summed E-state index contributed by atoms with van der Waals surface area (Å²) in [6.07, 6.45) is 9.38. The Balaban J connectivity index is 1.37. The molecule has 3 heteroatoms. The van der Waals surface area contributed by atoms with Crippen LogP contribution in [0.5, 0.6) is 0 Å². The molecule has 5 fully saturated rings. The van der Waals surface area contributed by atoms with Crippen LogP contribution >= 0.6 is 0 Å². The van der Waals surface area contributed by atoms with Gasteiger partial charge >= 0.3 is 0 Å². The molecule has 0 aromatic rings. The number of Topliss-reactive ketones (excluding diaryl/α,β-unsaturated/α-hetero) is 1. The third-order valence-electron chi connectivity index (χ3n) is 7.84. The molecule has 3 nitrogen and oxygen atoms in total. The van der Waals surface area contributed by atoms with Crippen LogP contribution in [0.25, 0.3) is 0 Å². The van der Waals surface area contributed by atoms with Crippen molar-refractivity contribution >= 4 is 11.7 Å². The molecule has 128 valence electrons. The highest BCUT2D eigenvalue weighted by Gasteiger charge is 2.53. The normalized spacial score (nSPS) is 46.3. The van der Waals surface area contributed by atoms with Gasteiger partial charge in [0, 0.05) is 17.9 Å². The molecule has 1 N–H and O–H groups in total. The lowest BCUT2D eigenvalue weighted by molar-refractivity contribution is -0.142. The van der Waals surface area contributed by atoms with Gasteiger partial charge in [0.25, 0.3) is 0 Å². The van der Waals surface area contributed by atoms with Crippen LogP contribution in [0.4, 0.5) is 0 Å². The van der Waals surface area contributed by atoms with Crippen molar-refractivity contribution in [2.75, 3.05) is 0 Å². The van der Waals surface area contributed by atoms with Gasteiger partial charge in [-0.15, -0.1) is 0 Å². The van der Waals surface area contributed by atoms with Crippen LogP contribution in [-0.2, 0) is 9.59 Å². The molecular formula is C20H31NO2. The fraction of sp³-hybridized carbons (Fsp3) is 0.900. The van der Waals surface area contributed by atoms with Crippen molar-refractivity contribution in [2.24, 2.45) is 35.0 Å². The molecule has 5 aliphatic rings. The first-order chi connectivity index (χ1) is 10.8. The lowest BCUT2D eigenvalue weighted by Crippen LogP contribution is -2.60. The van der Waals surface area contributed by atoms with E-state index in [0.29, 0.717) is 12.3 Å². The fourth-order valence-electron chi connectivity index (χ4n) is 6.89. The second-order valence-corrected chi connectivity index (χ2v) is 9.87. The van der Waals surface area contributed by atoms with Crippen LogP contribution in [0, 0.1) is 35.0 Å². The largest absolute Gasteiger partial charge is 0.351 e. The maximum Gasteiger partial charge on any atom is 0.220 e. The van der Waals surface area contributed by atoms with Gasteiger partial charge in [-0.05, 0) is 81.0 Å². The van der Waals surface area contributed by atoms with Crippen LogP contribution in [-0.4, -0.2) is 17.2 Å². The number of carbonyl (C=O) groups is 2. The number of ketones is 1. The van der Waals surface area contributed by atoms with E-state index in [-0.39, 0.29) is 28.6 Å². The number of amides is 1. The summed E-state index contributed by atoms with van der Waals surface area (Å²) in [5.41, 5.74) is 0.115. The second-order valence-electron chi connectivity index (χ2n) is 9.87. The minimum absolute atomic E-state index is 0.00928. The molecule has 4 bridgehead atoms. The van der Waals surface area contributed by atoms with E-state index in [0.717, 1.165) is 24.2 Å². The van der Waals surface area contributed by atoms with Gasteiger partial charge in [0.15, 0.2) is 0 Å². The Kier molecular flexibility index (Phi) is 3.45. The molecule has 23 heavy (non-hydrogen) atoms. The van der Waals surface area contributed by atoms with Gasteiger partial charge in [0.1, 0.15) is 5.78 Å². The zero-order chi connectivity index (χ0) is 16.4. The van der Waals surface area contributed by atoms with Crippen LogP contribution in [0.15, 0.2) is 0 Å². The first-order valence-corrected chi connectivity index (χ1v) is 9.59. The van der Waals surface area contributed by atoms with E-state index in [4.69, 9.17) is 0 Å². The van der Waals surface area contributed by atoms with E-state index in [2.05, 4.69) is 19.2 Å². The molecule has 0 aromatic heterocycles. The van der Waals surface area contributed by atoms with Crippen molar-refractivity contribution in [1.82, 2.24) is 5.32 Å². The molecule has 5 saturated carbocycles. The number of hydrogen-bond acceptors (Lipinski definition) is 2. The Morgan fingerprint density at radius 2 is 1.48 bits per heavy atom. The average molecular weight is 317 g/mol. The highest BCUT2D eigenvalue weighted by atomic mass is 16.1. The molecule has 0 saturated heterocycles. The molecule has 5 aliphatic carbocycles. The van der Waals surface area contributed by atoms with Crippen molar-refractivity contribution in [3.63, 3.8) is 0 Å². The van der Waals surface area contributed by atoms with Gasteiger partial charge in [-0.25, -0.2) is 0 Å². The summed E-state index contributed by atoms with van der Waals surface area (Å²) < 4.78 is 0. The van der Waals surface area contributed by atoms with E-state index in [1.807, 2.05) is 0 Å². The molecule has 0 spiro atoms. The van der Waals surface area contributed by atoms with E-state index >= 15 is 0 Å². The zero-order valence-electron chi connectivity index (χ0n) is 14.9. The van der Waals surface area contributed by atoms with Crippen molar-refractivity contribution in [3.05, 3.63) is 0 Å². The van der Waals surface area contributed by atoms with Gasteiger partial charge in [0.2, 0.25) is 5.91 Å². The Morgan fingerprint density at radius 3 is 1.91 bits per heavy atom. The Hall–Kier alpha value is -0.860. The van der Waals surface area contributed by atoms with Crippen LogP contribution in [0.3, 0.4) is 0 Å². The van der Waals surface area contributed by atoms with Crippen molar-refractivity contribution < 1.29 is 9.59 Å². The highest BCUT2D eigenvalue weighted by molar-refractivity contribution is 5.82. The first-order valence-electron chi connectivity index (χ1n) is 9.59. The van der Waals surface area contributed by atoms with Gasteiger partial charge in [-0.3, -0.25) is 9.59 Å². The lowest BCUT2D eigenvalue weighted by Gasteiger charge is -2.57. The number of carbonyl (C=O) groups excluding carboxylic acids is 2. The van der Waals surface area contributed by atoms with Crippen LogP contribution < -0.4 is 5.32 Å². The first kappa shape index (κ1) is 15.7. The van der Waals surface area contributed by atoms with Crippen molar-refractivity contribution in [1.29, 1.82) is 0 Å². The fourth-order valence-corrected chi connectivity index (χ4v) is 6.89. The predicted molar refractivity (Wildman–Crippen MR) is 89.7 cm³/mol. The monoisotopic (exact) mass is 317 g/mol. The van der Waals surface area contributed by atoms with Gasteiger partial charge in [0.05, 0.1) is 0 Å². The molecule has 0 unspecified atom stereocenters. The van der Waals surface area contributed by atoms with Gasteiger partial charge in [-0.1, -0.05) is 13.8 Å². The number of nitrogens with one attached hydrogen (secondary N) is 1. The third kappa shape index (κ3) is 2.55. The molecule has 5 rings (SSSR count). The second kappa shape index (κ2) is 5.07. The minimum atomic E-state index is -0.00928. The van der Waals surface area contributed by atoms with Crippen molar-refractivity contribution in [2.45, 2.75) is 77.7 Å². The highest BCUT2D eigenvalue weighted by Crippen LogP contribution is 2.56. The van der Waals surface area contributed by atoms with E-state index in [9.17, 15) is 9.59 Å². The molecule has 0 heterocycles. The molecular weight excluding hydrogens is 286 g/mol. The Morgan fingerprint density at radius 1 is 0.957 bits per heavy atom. The number of hydrogen-bond donors (Lipinski definition) is 1. The standard InChI is InChI=1S/C20H31NO2/c1-12(22)17-7-16(19(17,2)3)8-18(23)21-20-9-13-4-14(10-20)6-15(5-13)11-20/h13-17H,4-11H2,1-3H3,(H,21,23)/t13?,14?,15?,16-,17-,20?/m0/s1. The topological polar surface area (TPSA) is 46.2 Å². The maximum atomic E-state index is 12.7. The van der Waals surface area contributed by atoms with Crippen molar-refractivity contribution in [3.8, 4) is 0 Å². The van der Waals surface area contributed by atoms with Crippen LogP contribution in [0.2, 0.25) is 0 Å². The van der Waals surface area contributed by atoms with Crippen LogP contribution in [0.1, 0.15) is 72.1 Å². The minimum Gasteiger partial charge on any atom is -0.351 e. The zero-order valence-corrected chi connectivity index (χ0v) is 14.9. The molecule has 1 amide bonds.